The van der Waals surface area contributed by atoms with Crippen LogP contribution in [0.4, 0.5) is 8.78 Å². The van der Waals surface area contributed by atoms with E-state index < -0.39 is 17.0 Å². The first-order valence-electron chi connectivity index (χ1n) is 4.83. The summed E-state index contributed by atoms with van der Waals surface area (Å²) in [5.41, 5.74) is 0.525. The molecule has 1 aromatic rings. The molecule has 0 spiro atoms. The van der Waals surface area contributed by atoms with Crippen LogP contribution in [0, 0.1) is 24.0 Å². The second kappa shape index (κ2) is 4.09. The molecule has 0 nitrogen and oxygen atoms in total. The SMILES string of the molecule is Cc1cc(C(Cl)C(C)(C)C)c(F)cc1F. The molecule has 0 heterocycles. The lowest BCUT2D eigenvalue weighted by Crippen LogP contribution is -2.15. The van der Waals surface area contributed by atoms with Crippen molar-refractivity contribution in [3.63, 3.8) is 0 Å². The molecule has 0 aliphatic heterocycles. The van der Waals surface area contributed by atoms with Crippen molar-refractivity contribution < 1.29 is 8.78 Å². The van der Waals surface area contributed by atoms with Gasteiger partial charge >= 0.3 is 0 Å². The summed E-state index contributed by atoms with van der Waals surface area (Å²) >= 11 is 6.15. The van der Waals surface area contributed by atoms with Gasteiger partial charge in [-0.2, -0.15) is 0 Å². The quantitative estimate of drug-likeness (QED) is 0.621. The summed E-state index contributed by atoms with van der Waals surface area (Å²) < 4.78 is 26.5. The molecule has 0 aliphatic carbocycles. The number of rotatable bonds is 1. The summed E-state index contributed by atoms with van der Waals surface area (Å²) in [6.45, 7) is 7.36. The monoisotopic (exact) mass is 232 g/mol. The van der Waals surface area contributed by atoms with Gasteiger partial charge in [0.15, 0.2) is 0 Å². The highest BCUT2D eigenvalue weighted by Gasteiger charge is 2.27. The molecule has 1 rings (SSSR count). The van der Waals surface area contributed by atoms with E-state index in [2.05, 4.69) is 0 Å². The lowest BCUT2D eigenvalue weighted by molar-refractivity contribution is 0.386. The predicted molar refractivity (Wildman–Crippen MR) is 59.1 cm³/mol. The minimum Gasteiger partial charge on any atom is -0.207 e. The van der Waals surface area contributed by atoms with E-state index in [0.717, 1.165) is 6.07 Å². The predicted octanol–water partition coefficient (Wildman–Crippen LogP) is 4.60. The Labute approximate surface area is 94.3 Å². The van der Waals surface area contributed by atoms with E-state index in [0.29, 0.717) is 11.1 Å². The first kappa shape index (κ1) is 12.4. The highest BCUT2D eigenvalue weighted by molar-refractivity contribution is 6.21. The third kappa shape index (κ3) is 2.69. The molecular formula is C12H15ClF2. The van der Waals surface area contributed by atoms with Crippen molar-refractivity contribution in [3.8, 4) is 0 Å². The second-order valence-corrected chi connectivity index (χ2v) is 5.29. The van der Waals surface area contributed by atoms with Crippen LogP contribution in [0.1, 0.15) is 37.3 Å². The second-order valence-electron chi connectivity index (χ2n) is 4.85. The summed E-state index contributed by atoms with van der Waals surface area (Å²) in [5.74, 6) is -1.11. The van der Waals surface area contributed by atoms with Gasteiger partial charge in [-0.25, -0.2) is 8.78 Å². The van der Waals surface area contributed by atoms with Crippen LogP contribution >= 0.6 is 11.6 Å². The highest BCUT2D eigenvalue weighted by Crippen LogP contribution is 2.39. The fraction of sp³-hybridized carbons (Fsp3) is 0.500. The fourth-order valence-corrected chi connectivity index (χ4v) is 1.51. The fourth-order valence-electron chi connectivity index (χ4n) is 1.34. The largest absolute Gasteiger partial charge is 0.207 e. The van der Waals surface area contributed by atoms with E-state index in [1.807, 2.05) is 20.8 Å². The number of hydrogen-bond donors (Lipinski definition) is 0. The van der Waals surface area contributed by atoms with Crippen LogP contribution < -0.4 is 0 Å². The Bertz CT molecular complexity index is 367. The Morgan fingerprint density at radius 3 is 2.13 bits per heavy atom. The van der Waals surface area contributed by atoms with Gasteiger partial charge in [-0.15, -0.1) is 11.6 Å². The number of benzene rings is 1. The summed E-state index contributed by atoms with van der Waals surface area (Å²) in [6.07, 6.45) is 0. The molecule has 0 fully saturated rings. The Balaban J connectivity index is 3.21. The average Bonchev–Trinajstić information content (AvgIpc) is 2.08. The van der Waals surface area contributed by atoms with Gasteiger partial charge in [-0.1, -0.05) is 20.8 Å². The number of alkyl halides is 1. The van der Waals surface area contributed by atoms with Crippen molar-refractivity contribution in [2.75, 3.05) is 0 Å². The number of halogens is 3. The highest BCUT2D eigenvalue weighted by atomic mass is 35.5. The normalized spacial score (nSPS) is 14.1. The van der Waals surface area contributed by atoms with Gasteiger partial charge in [0.25, 0.3) is 0 Å². The lowest BCUT2D eigenvalue weighted by Gasteiger charge is -2.26. The molecule has 1 aromatic carbocycles. The molecule has 1 atom stereocenters. The molecular weight excluding hydrogens is 218 g/mol. The maximum atomic E-state index is 13.5. The zero-order valence-electron chi connectivity index (χ0n) is 9.37. The maximum Gasteiger partial charge on any atom is 0.130 e. The van der Waals surface area contributed by atoms with E-state index >= 15 is 0 Å². The van der Waals surface area contributed by atoms with Gasteiger partial charge in [0.1, 0.15) is 11.6 Å². The third-order valence-corrected chi connectivity index (χ3v) is 3.20. The minimum atomic E-state index is -0.576. The van der Waals surface area contributed by atoms with Crippen molar-refractivity contribution in [1.29, 1.82) is 0 Å². The van der Waals surface area contributed by atoms with Gasteiger partial charge < -0.3 is 0 Å². The zero-order valence-corrected chi connectivity index (χ0v) is 10.1. The van der Waals surface area contributed by atoms with E-state index in [1.165, 1.54) is 6.07 Å². The summed E-state index contributed by atoms with van der Waals surface area (Å²) in [6, 6.07) is 2.37. The smallest absolute Gasteiger partial charge is 0.130 e. The third-order valence-electron chi connectivity index (χ3n) is 2.31. The lowest BCUT2D eigenvalue weighted by atomic mass is 9.86. The van der Waals surface area contributed by atoms with E-state index in [1.54, 1.807) is 6.92 Å². The van der Waals surface area contributed by atoms with E-state index in [-0.39, 0.29) is 5.41 Å². The van der Waals surface area contributed by atoms with Crippen LogP contribution in [-0.4, -0.2) is 0 Å². The number of aryl methyl sites for hydroxylation is 1. The van der Waals surface area contributed by atoms with E-state index in [9.17, 15) is 8.78 Å². The first-order valence-corrected chi connectivity index (χ1v) is 5.26. The van der Waals surface area contributed by atoms with Crippen LogP contribution in [0.5, 0.6) is 0 Å². The Morgan fingerprint density at radius 2 is 1.67 bits per heavy atom. The maximum absolute atomic E-state index is 13.5. The minimum absolute atomic E-state index is 0.257. The molecule has 3 heteroatoms. The van der Waals surface area contributed by atoms with Crippen LogP contribution in [0.3, 0.4) is 0 Å². The van der Waals surface area contributed by atoms with Crippen molar-refractivity contribution in [1.82, 2.24) is 0 Å². The molecule has 0 aliphatic rings. The van der Waals surface area contributed by atoms with Crippen LogP contribution in [-0.2, 0) is 0 Å². The van der Waals surface area contributed by atoms with Gasteiger partial charge in [0, 0.05) is 11.6 Å². The van der Waals surface area contributed by atoms with Gasteiger partial charge in [-0.05, 0) is 24.0 Å². The molecule has 0 bridgehead atoms. The Morgan fingerprint density at radius 1 is 1.13 bits per heavy atom. The average molecular weight is 233 g/mol. The van der Waals surface area contributed by atoms with Crippen LogP contribution in [0.2, 0.25) is 0 Å². The Hall–Kier alpha value is -0.630. The molecule has 0 saturated carbocycles. The standard InChI is InChI=1S/C12H15ClF2/c1-7-5-8(10(15)6-9(7)14)11(13)12(2,3)4/h5-6,11H,1-4H3. The van der Waals surface area contributed by atoms with Crippen molar-refractivity contribution in [3.05, 3.63) is 34.9 Å². The van der Waals surface area contributed by atoms with Crippen molar-refractivity contribution >= 4 is 11.6 Å². The Kier molecular flexibility index (Phi) is 3.39. The van der Waals surface area contributed by atoms with Crippen LogP contribution in [0.25, 0.3) is 0 Å². The summed E-state index contributed by atoms with van der Waals surface area (Å²) in [5, 5.41) is -0.461. The molecule has 0 aromatic heterocycles. The summed E-state index contributed by atoms with van der Waals surface area (Å²) in [7, 11) is 0. The zero-order chi connectivity index (χ0) is 11.8. The molecule has 0 saturated heterocycles. The molecule has 0 radical (unpaired) electrons. The van der Waals surface area contributed by atoms with Gasteiger partial charge in [-0.3, -0.25) is 0 Å². The molecule has 0 amide bonds. The van der Waals surface area contributed by atoms with Crippen molar-refractivity contribution in [2.24, 2.45) is 5.41 Å². The summed E-state index contributed by atoms with van der Waals surface area (Å²) in [4.78, 5) is 0. The van der Waals surface area contributed by atoms with Gasteiger partial charge in [0.2, 0.25) is 0 Å². The molecule has 15 heavy (non-hydrogen) atoms. The molecule has 84 valence electrons. The van der Waals surface area contributed by atoms with Crippen molar-refractivity contribution in [2.45, 2.75) is 33.1 Å². The van der Waals surface area contributed by atoms with E-state index in [4.69, 9.17) is 11.6 Å². The van der Waals surface area contributed by atoms with Crippen LogP contribution in [0.15, 0.2) is 12.1 Å². The molecule has 1 unspecified atom stereocenters. The number of hydrogen-bond acceptors (Lipinski definition) is 0. The topological polar surface area (TPSA) is 0 Å². The first-order chi connectivity index (χ1) is 6.73. The molecule has 0 N–H and O–H groups in total. The van der Waals surface area contributed by atoms with Gasteiger partial charge in [0.05, 0.1) is 5.38 Å².